The molecule has 0 aliphatic rings. The van der Waals surface area contributed by atoms with E-state index in [0.29, 0.717) is 18.2 Å². The van der Waals surface area contributed by atoms with Crippen LogP contribution in [0.5, 0.6) is 0 Å². The summed E-state index contributed by atoms with van der Waals surface area (Å²) in [6, 6.07) is 1.42. The van der Waals surface area contributed by atoms with Crippen molar-refractivity contribution in [2.75, 3.05) is 11.9 Å². The largest absolute Gasteiger partial charge is 0.477 e. The van der Waals surface area contributed by atoms with E-state index < -0.39 is 5.97 Å². The second kappa shape index (κ2) is 3.84. The normalized spacial score (nSPS) is 9.69. The number of aryl methyl sites for hydroxylation is 1. The summed E-state index contributed by atoms with van der Waals surface area (Å²) < 4.78 is 0. The first-order chi connectivity index (χ1) is 6.13. The highest BCUT2D eigenvalue weighted by Gasteiger charge is 2.07. The predicted octanol–water partition coefficient (Wildman–Crippen LogP) is 0.915. The lowest BCUT2D eigenvalue weighted by atomic mass is 10.4. The van der Waals surface area contributed by atoms with Crippen LogP contribution in [0.25, 0.3) is 0 Å². The second-order valence-corrected chi connectivity index (χ2v) is 2.52. The molecule has 0 spiro atoms. The van der Waals surface area contributed by atoms with Crippen molar-refractivity contribution in [3.63, 3.8) is 0 Å². The Hall–Kier alpha value is -1.65. The molecule has 0 aromatic carbocycles. The molecule has 0 bridgehead atoms. The maximum Gasteiger partial charge on any atom is 0.354 e. The van der Waals surface area contributed by atoms with Crippen LogP contribution in [-0.4, -0.2) is 27.6 Å². The van der Waals surface area contributed by atoms with Gasteiger partial charge in [0.2, 0.25) is 0 Å². The number of hydrogen-bond donors (Lipinski definition) is 2. The smallest absolute Gasteiger partial charge is 0.354 e. The minimum Gasteiger partial charge on any atom is -0.477 e. The van der Waals surface area contributed by atoms with E-state index in [-0.39, 0.29) is 5.69 Å². The zero-order valence-electron chi connectivity index (χ0n) is 7.53. The quantitative estimate of drug-likeness (QED) is 0.725. The first kappa shape index (κ1) is 9.44. The molecule has 1 rings (SSSR count). The number of anilines is 1. The third kappa shape index (κ3) is 2.40. The van der Waals surface area contributed by atoms with E-state index in [0.717, 1.165) is 0 Å². The van der Waals surface area contributed by atoms with Gasteiger partial charge < -0.3 is 10.4 Å². The Bertz CT molecular complexity index is 325. The molecule has 0 fully saturated rings. The molecule has 1 heterocycles. The van der Waals surface area contributed by atoms with Gasteiger partial charge in [-0.1, -0.05) is 0 Å². The molecule has 0 saturated heterocycles. The van der Waals surface area contributed by atoms with Gasteiger partial charge in [-0.05, 0) is 13.8 Å². The summed E-state index contributed by atoms with van der Waals surface area (Å²) in [6.07, 6.45) is 0. The highest BCUT2D eigenvalue weighted by Crippen LogP contribution is 2.05. The van der Waals surface area contributed by atoms with E-state index >= 15 is 0 Å². The fraction of sp³-hybridized carbons (Fsp3) is 0.375. The average Bonchev–Trinajstić information content (AvgIpc) is 2.03. The van der Waals surface area contributed by atoms with Crippen molar-refractivity contribution in [1.82, 2.24) is 9.97 Å². The van der Waals surface area contributed by atoms with Crippen LogP contribution in [0.3, 0.4) is 0 Å². The van der Waals surface area contributed by atoms with Crippen molar-refractivity contribution in [2.45, 2.75) is 13.8 Å². The number of nitrogens with one attached hydrogen (secondary N) is 1. The van der Waals surface area contributed by atoms with E-state index in [9.17, 15) is 4.79 Å². The molecule has 0 unspecified atom stereocenters. The Labute approximate surface area is 75.8 Å². The number of carboxylic acid groups (broad SMARTS) is 1. The van der Waals surface area contributed by atoms with Crippen LogP contribution in [0, 0.1) is 6.92 Å². The molecule has 0 amide bonds. The van der Waals surface area contributed by atoms with Gasteiger partial charge in [0.1, 0.15) is 11.6 Å². The molecule has 0 aliphatic heterocycles. The van der Waals surface area contributed by atoms with Gasteiger partial charge in [-0.15, -0.1) is 0 Å². The molecule has 0 atom stereocenters. The van der Waals surface area contributed by atoms with Crippen molar-refractivity contribution in [3.8, 4) is 0 Å². The number of aromatic nitrogens is 2. The van der Waals surface area contributed by atoms with Crippen molar-refractivity contribution < 1.29 is 9.90 Å². The summed E-state index contributed by atoms with van der Waals surface area (Å²) in [5, 5.41) is 11.6. The number of carbonyl (C=O) groups is 1. The SMILES string of the molecule is CCNc1cc(C(=O)O)nc(C)n1. The average molecular weight is 181 g/mol. The van der Waals surface area contributed by atoms with Gasteiger partial charge in [-0.3, -0.25) is 0 Å². The summed E-state index contributed by atoms with van der Waals surface area (Å²) in [7, 11) is 0. The van der Waals surface area contributed by atoms with Gasteiger partial charge in [0, 0.05) is 12.6 Å². The third-order valence-corrected chi connectivity index (χ3v) is 1.41. The number of rotatable bonds is 3. The number of hydrogen-bond acceptors (Lipinski definition) is 4. The fourth-order valence-corrected chi connectivity index (χ4v) is 0.949. The van der Waals surface area contributed by atoms with Gasteiger partial charge in [-0.25, -0.2) is 14.8 Å². The van der Waals surface area contributed by atoms with Crippen molar-refractivity contribution >= 4 is 11.8 Å². The Balaban J connectivity index is 3.03. The molecule has 1 aromatic heterocycles. The molecular formula is C8H11N3O2. The maximum atomic E-state index is 10.6. The molecule has 70 valence electrons. The Kier molecular flexibility index (Phi) is 2.79. The van der Waals surface area contributed by atoms with E-state index in [1.807, 2.05) is 6.92 Å². The van der Waals surface area contributed by atoms with Crippen LogP contribution in [0.2, 0.25) is 0 Å². The lowest BCUT2D eigenvalue weighted by Gasteiger charge is -2.03. The summed E-state index contributed by atoms with van der Waals surface area (Å²) in [6.45, 7) is 4.28. The minimum absolute atomic E-state index is 0.0171. The number of nitrogens with zero attached hydrogens (tertiary/aromatic N) is 2. The highest BCUT2D eigenvalue weighted by molar-refractivity contribution is 5.86. The lowest BCUT2D eigenvalue weighted by molar-refractivity contribution is 0.0690. The van der Waals surface area contributed by atoms with Gasteiger partial charge in [0.05, 0.1) is 0 Å². The summed E-state index contributed by atoms with van der Waals surface area (Å²) in [5.41, 5.74) is 0.0171. The van der Waals surface area contributed by atoms with Crippen LogP contribution in [0.1, 0.15) is 23.2 Å². The predicted molar refractivity (Wildman–Crippen MR) is 47.9 cm³/mol. The number of aromatic carboxylic acids is 1. The first-order valence-corrected chi connectivity index (χ1v) is 3.96. The van der Waals surface area contributed by atoms with Crippen LogP contribution >= 0.6 is 0 Å². The maximum absolute atomic E-state index is 10.6. The molecule has 0 saturated carbocycles. The third-order valence-electron chi connectivity index (χ3n) is 1.41. The van der Waals surface area contributed by atoms with Crippen molar-refractivity contribution in [3.05, 3.63) is 17.6 Å². The highest BCUT2D eigenvalue weighted by atomic mass is 16.4. The molecule has 13 heavy (non-hydrogen) atoms. The molecule has 0 radical (unpaired) electrons. The second-order valence-electron chi connectivity index (χ2n) is 2.52. The van der Waals surface area contributed by atoms with E-state index in [1.165, 1.54) is 6.07 Å². The summed E-state index contributed by atoms with van der Waals surface area (Å²) >= 11 is 0. The van der Waals surface area contributed by atoms with E-state index in [4.69, 9.17) is 5.11 Å². The first-order valence-electron chi connectivity index (χ1n) is 3.96. The molecule has 5 nitrogen and oxygen atoms in total. The Morgan fingerprint density at radius 2 is 2.31 bits per heavy atom. The topological polar surface area (TPSA) is 75.1 Å². The van der Waals surface area contributed by atoms with Gasteiger partial charge in [0.15, 0.2) is 5.69 Å². The van der Waals surface area contributed by atoms with Crippen LogP contribution < -0.4 is 5.32 Å². The monoisotopic (exact) mass is 181 g/mol. The molecule has 5 heteroatoms. The number of carboxylic acids is 1. The molecule has 2 N–H and O–H groups in total. The zero-order chi connectivity index (χ0) is 9.84. The summed E-state index contributed by atoms with van der Waals surface area (Å²) in [4.78, 5) is 18.4. The lowest BCUT2D eigenvalue weighted by Crippen LogP contribution is -2.07. The summed E-state index contributed by atoms with van der Waals surface area (Å²) in [5.74, 6) is -0.0343. The van der Waals surface area contributed by atoms with Crippen molar-refractivity contribution in [1.29, 1.82) is 0 Å². The van der Waals surface area contributed by atoms with Crippen LogP contribution in [0.15, 0.2) is 6.07 Å². The fourth-order valence-electron chi connectivity index (χ4n) is 0.949. The van der Waals surface area contributed by atoms with Crippen LogP contribution in [-0.2, 0) is 0 Å². The molecular weight excluding hydrogens is 170 g/mol. The zero-order valence-corrected chi connectivity index (χ0v) is 7.53. The van der Waals surface area contributed by atoms with Crippen molar-refractivity contribution in [2.24, 2.45) is 0 Å². The minimum atomic E-state index is -1.04. The standard InChI is InChI=1S/C8H11N3O2/c1-3-9-7-4-6(8(12)13)10-5(2)11-7/h4H,3H2,1-2H3,(H,12,13)(H,9,10,11). The Morgan fingerprint density at radius 3 is 2.85 bits per heavy atom. The van der Waals surface area contributed by atoms with Gasteiger partial charge >= 0.3 is 5.97 Å². The van der Waals surface area contributed by atoms with Crippen LogP contribution in [0.4, 0.5) is 5.82 Å². The van der Waals surface area contributed by atoms with E-state index in [1.54, 1.807) is 6.92 Å². The van der Waals surface area contributed by atoms with E-state index in [2.05, 4.69) is 15.3 Å². The molecule has 1 aromatic rings. The van der Waals surface area contributed by atoms with Gasteiger partial charge in [-0.2, -0.15) is 0 Å². The molecule has 0 aliphatic carbocycles. The Morgan fingerprint density at radius 1 is 1.62 bits per heavy atom. The van der Waals surface area contributed by atoms with Gasteiger partial charge in [0.25, 0.3) is 0 Å².